The summed E-state index contributed by atoms with van der Waals surface area (Å²) in [4.78, 5) is 6.69. The minimum absolute atomic E-state index is 0. The van der Waals surface area contributed by atoms with Gasteiger partial charge in [0.25, 0.3) is 0 Å². The van der Waals surface area contributed by atoms with Crippen LogP contribution in [-0.2, 0) is 4.74 Å². The molecule has 0 radical (unpaired) electrons. The van der Waals surface area contributed by atoms with E-state index in [1.807, 2.05) is 18.4 Å². The molecule has 2 aromatic heterocycles. The zero-order chi connectivity index (χ0) is 17.3. The molecule has 0 bridgehead atoms. The highest BCUT2D eigenvalue weighted by Crippen LogP contribution is 2.37. The second kappa shape index (κ2) is 8.79. The first-order chi connectivity index (χ1) is 11.5. The Morgan fingerprint density at radius 1 is 1.28 bits per heavy atom. The van der Waals surface area contributed by atoms with Crippen molar-refractivity contribution in [3.05, 3.63) is 49.4 Å². The Kier molecular flexibility index (Phi) is 7.25. The smallest absolute Gasteiger partial charge is 0.201 e. The van der Waals surface area contributed by atoms with Crippen LogP contribution in [0.3, 0.4) is 0 Å². The topological polar surface area (TPSA) is 34.1 Å². The van der Waals surface area contributed by atoms with E-state index in [0.717, 1.165) is 26.1 Å². The highest BCUT2D eigenvalue weighted by Gasteiger charge is 2.15. The first-order valence-corrected chi connectivity index (χ1v) is 9.71. The Labute approximate surface area is 179 Å². The molecule has 1 aromatic carbocycles. The summed E-state index contributed by atoms with van der Waals surface area (Å²) in [5.74, 6) is 0. The van der Waals surface area contributed by atoms with Crippen LogP contribution in [0.1, 0.15) is 9.75 Å². The normalized spacial score (nSPS) is 10.2. The number of nitrogens with zero attached hydrogens (tertiary/aromatic N) is 1. The Morgan fingerprint density at radius 3 is 2.60 bits per heavy atom. The van der Waals surface area contributed by atoms with Crippen LogP contribution in [-0.4, -0.2) is 17.1 Å². The van der Waals surface area contributed by atoms with Gasteiger partial charge in [0.05, 0.1) is 33.4 Å². The molecule has 25 heavy (non-hydrogen) atoms. The quantitative estimate of drug-likeness (QED) is 0.390. The van der Waals surface area contributed by atoms with Crippen LogP contribution in [0.5, 0.6) is 0 Å². The van der Waals surface area contributed by atoms with Crippen LogP contribution in [0, 0.1) is 6.92 Å². The maximum atomic E-state index is 6.19. The number of aromatic nitrogens is 1. The molecule has 3 nitrogen and oxygen atoms in total. The molecule has 0 saturated carbocycles. The summed E-state index contributed by atoms with van der Waals surface area (Å²) in [6.07, 6.45) is 0. The second-order valence-electron chi connectivity index (χ2n) is 4.83. The van der Waals surface area contributed by atoms with Crippen molar-refractivity contribution >= 4 is 90.9 Å². The lowest BCUT2D eigenvalue weighted by Crippen LogP contribution is -1.95. The lowest BCUT2D eigenvalue weighted by atomic mass is 10.2. The van der Waals surface area contributed by atoms with Gasteiger partial charge in [-0.25, -0.2) is 4.98 Å². The fourth-order valence-electron chi connectivity index (χ4n) is 2.12. The molecule has 9 heteroatoms. The fourth-order valence-corrected chi connectivity index (χ4v) is 4.45. The van der Waals surface area contributed by atoms with E-state index < -0.39 is 0 Å². The Hall–Kier alpha value is -0.700. The number of rotatable bonds is 4. The van der Waals surface area contributed by atoms with Crippen molar-refractivity contribution in [1.82, 2.24) is 4.98 Å². The van der Waals surface area contributed by atoms with Gasteiger partial charge in [-0.05, 0) is 37.3 Å². The molecule has 0 aliphatic heterocycles. The van der Waals surface area contributed by atoms with Gasteiger partial charge in [-0.15, -0.1) is 39.7 Å². The zero-order valence-corrected chi connectivity index (χ0v) is 18.8. The maximum absolute atomic E-state index is 6.19. The van der Waals surface area contributed by atoms with Gasteiger partial charge in [0.1, 0.15) is 0 Å². The third kappa shape index (κ3) is 4.53. The van der Waals surface area contributed by atoms with Crippen molar-refractivity contribution in [2.45, 2.75) is 6.92 Å². The first-order valence-electron chi connectivity index (χ1n) is 6.85. The van der Waals surface area contributed by atoms with E-state index in [-0.39, 0.29) is 17.0 Å². The zero-order valence-electron chi connectivity index (χ0n) is 13.1. The monoisotopic (exact) mass is 494 g/mol. The standard InChI is InChI=1S/C16H12Cl2N2OS3.BrH/c1-8-9(6-13(24-8)15(22)21-2)12-7-23-16(19-12)20-14-10(17)4-3-5-11(14)18;/h3-7H,1-2H3,(H,19,20);1H. The fraction of sp³-hybridized carbons (Fsp3) is 0.125. The van der Waals surface area contributed by atoms with Gasteiger partial charge in [-0.2, -0.15) is 0 Å². The molecule has 3 rings (SSSR count). The summed E-state index contributed by atoms with van der Waals surface area (Å²) >= 11 is 20.7. The van der Waals surface area contributed by atoms with Gasteiger partial charge in [0.2, 0.25) is 5.05 Å². The first kappa shape index (κ1) is 20.6. The predicted molar refractivity (Wildman–Crippen MR) is 119 cm³/mol. The SMILES string of the molecule is Br.COC(=S)c1cc(-c2csc(Nc3c(Cl)cccc3Cl)n2)c(C)s1. The number of hydrogen-bond acceptors (Lipinski definition) is 6. The number of ether oxygens (including phenoxy) is 1. The number of thiocarbonyl (C=S) groups is 1. The van der Waals surface area contributed by atoms with Gasteiger partial charge in [-0.1, -0.05) is 29.3 Å². The number of halogens is 3. The van der Waals surface area contributed by atoms with Gasteiger partial charge in [0.15, 0.2) is 5.13 Å². The summed E-state index contributed by atoms with van der Waals surface area (Å²) in [5.41, 5.74) is 2.58. The number of nitrogens with one attached hydrogen (secondary N) is 1. The van der Waals surface area contributed by atoms with Gasteiger partial charge in [0, 0.05) is 15.8 Å². The van der Waals surface area contributed by atoms with Crippen molar-refractivity contribution in [2.75, 3.05) is 12.4 Å². The molecular formula is C16H13BrCl2N2OS3. The maximum Gasteiger partial charge on any atom is 0.201 e. The Balaban J connectivity index is 0.00000225. The molecule has 2 heterocycles. The average Bonchev–Trinajstić information content (AvgIpc) is 3.16. The van der Waals surface area contributed by atoms with E-state index in [1.54, 1.807) is 36.6 Å². The van der Waals surface area contributed by atoms with E-state index in [1.165, 1.54) is 11.3 Å². The number of methoxy groups -OCH3 is 1. The van der Waals surface area contributed by atoms with Crippen molar-refractivity contribution < 1.29 is 4.74 Å². The Morgan fingerprint density at radius 2 is 1.96 bits per heavy atom. The molecule has 0 fully saturated rings. The summed E-state index contributed by atoms with van der Waals surface area (Å²) in [7, 11) is 1.58. The van der Waals surface area contributed by atoms with Crippen LogP contribution in [0.25, 0.3) is 11.3 Å². The van der Waals surface area contributed by atoms with Gasteiger partial charge in [-0.3, -0.25) is 0 Å². The number of anilines is 2. The lowest BCUT2D eigenvalue weighted by Gasteiger charge is -2.06. The summed E-state index contributed by atoms with van der Waals surface area (Å²) in [6.45, 7) is 2.04. The largest absolute Gasteiger partial charge is 0.486 e. The molecule has 0 amide bonds. The molecule has 0 unspecified atom stereocenters. The number of thiophene rings is 1. The summed E-state index contributed by atoms with van der Waals surface area (Å²) in [6, 6.07) is 7.38. The van der Waals surface area contributed by atoms with E-state index in [9.17, 15) is 0 Å². The number of aryl methyl sites for hydroxylation is 1. The molecule has 0 atom stereocenters. The Bertz CT molecular complexity index is 890. The number of hydrogen-bond donors (Lipinski definition) is 1. The summed E-state index contributed by atoms with van der Waals surface area (Å²) in [5, 5.41) is 7.50. The molecular weight excluding hydrogens is 483 g/mol. The van der Waals surface area contributed by atoms with Crippen LogP contribution in [0.4, 0.5) is 10.8 Å². The number of thiazole rings is 1. The molecule has 0 spiro atoms. The summed E-state index contributed by atoms with van der Waals surface area (Å²) < 4.78 is 5.13. The molecule has 0 aliphatic rings. The molecule has 1 N–H and O–H groups in total. The minimum Gasteiger partial charge on any atom is -0.486 e. The van der Waals surface area contributed by atoms with E-state index in [4.69, 9.17) is 40.2 Å². The highest BCUT2D eigenvalue weighted by atomic mass is 79.9. The van der Waals surface area contributed by atoms with Crippen molar-refractivity contribution in [2.24, 2.45) is 0 Å². The third-order valence-electron chi connectivity index (χ3n) is 3.28. The van der Waals surface area contributed by atoms with Crippen LogP contribution < -0.4 is 5.32 Å². The third-order valence-corrected chi connectivity index (χ3v) is 6.23. The molecule has 0 aliphatic carbocycles. The molecule has 0 saturated heterocycles. The van der Waals surface area contributed by atoms with Gasteiger partial charge >= 0.3 is 0 Å². The minimum atomic E-state index is 0. The predicted octanol–water partition coefficient (Wildman–Crippen LogP) is 7.13. The molecule has 132 valence electrons. The van der Waals surface area contributed by atoms with Gasteiger partial charge < -0.3 is 10.1 Å². The average molecular weight is 496 g/mol. The highest BCUT2D eigenvalue weighted by molar-refractivity contribution is 8.93. The van der Waals surface area contributed by atoms with Crippen LogP contribution in [0.2, 0.25) is 10.0 Å². The number of benzene rings is 1. The van der Waals surface area contributed by atoms with Crippen molar-refractivity contribution in [3.63, 3.8) is 0 Å². The lowest BCUT2D eigenvalue weighted by molar-refractivity contribution is 0.417. The second-order valence-corrected chi connectivity index (χ2v) is 8.13. The van der Waals surface area contributed by atoms with E-state index >= 15 is 0 Å². The number of para-hydroxylation sites is 1. The van der Waals surface area contributed by atoms with E-state index in [2.05, 4.69) is 10.3 Å². The van der Waals surface area contributed by atoms with Crippen LogP contribution >= 0.6 is 75.1 Å². The van der Waals surface area contributed by atoms with Crippen LogP contribution in [0.15, 0.2) is 29.6 Å². The van der Waals surface area contributed by atoms with E-state index in [0.29, 0.717) is 20.8 Å². The molecule has 3 aromatic rings. The van der Waals surface area contributed by atoms with Crippen molar-refractivity contribution in [3.8, 4) is 11.3 Å². The van der Waals surface area contributed by atoms with Crippen molar-refractivity contribution in [1.29, 1.82) is 0 Å².